The third-order valence-corrected chi connectivity index (χ3v) is 4.43. The topological polar surface area (TPSA) is 98.5 Å². The molecule has 0 amide bonds. The molecule has 6 nitrogen and oxygen atoms in total. The van der Waals surface area contributed by atoms with Gasteiger partial charge in [0.2, 0.25) is 10.0 Å². The Morgan fingerprint density at radius 1 is 1.45 bits per heavy atom. The second kappa shape index (κ2) is 7.47. The zero-order valence-electron chi connectivity index (χ0n) is 11.1. The fraction of sp³-hybridized carbons (Fsp3) is 0.417. The SMILES string of the molecule is CCOC(=O)CCCNS(=O)(=O)c1c(N)cccc1Cl. The smallest absolute Gasteiger partial charge is 0.305 e. The van der Waals surface area contributed by atoms with Gasteiger partial charge >= 0.3 is 5.97 Å². The Morgan fingerprint density at radius 3 is 2.75 bits per heavy atom. The lowest BCUT2D eigenvalue weighted by molar-refractivity contribution is -0.143. The molecule has 0 radical (unpaired) electrons. The van der Waals surface area contributed by atoms with Gasteiger partial charge in [-0.05, 0) is 25.5 Å². The Hall–Kier alpha value is -1.31. The maximum atomic E-state index is 12.1. The first-order valence-electron chi connectivity index (χ1n) is 6.07. The zero-order valence-corrected chi connectivity index (χ0v) is 12.6. The summed E-state index contributed by atoms with van der Waals surface area (Å²) in [5.41, 5.74) is 5.70. The number of nitrogen functional groups attached to an aromatic ring is 1. The molecule has 1 aromatic rings. The Balaban J connectivity index is 2.61. The van der Waals surface area contributed by atoms with Crippen LogP contribution >= 0.6 is 11.6 Å². The molecular weight excluding hydrogens is 304 g/mol. The number of benzene rings is 1. The monoisotopic (exact) mass is 320 g/mol. The highest BCUT2D eigenvalue weighted by Crippen LogP contribution is 2.26. The molecule has 8 heteroatoms. The van der Waals surface area contributed by atoms with Crippen LogP contribution in [-0.4, -0.2) is 27.5 Å². The molecule has 0 aliphatic heterocycles. The first-order valence-corrected chi connectivity index (χ1v) is 7.94. The lowest BCUT2D eigenvalue weighted by Crippen LogP contribution is -2.26. The van der Waals surface area contributed by atoms with Crippen LogP contribution in [0.2, 0.25) is 5.02 Å². The number of nitrogens with one attached hydrogen (secondary N) is 1. The number of carbonyl (C=O) groups is 1. The van der Waals surface area contributed by atoms with Gasteiger partial charge in [-0.15, -0.1) is 0 Å². The van der Waals surface area contributed by atoms with Crippen LogP contribution in [0.3, 0.4) is 0 Å². The van der Waals surface area contributed by atoms with Crippen LogP contribution < -0.4 is 10.5 Å². The van der Waals surface area contributed by atoms with Crippen molar-refractivity contribution in [2.75, 3.05) is 18.9 Å². The number of carbonyl (C=O) groups excluding carboxylic acids is 1. The molecule has 3 N–H and O–H groups in total. The van der Waals surface area contributed by atoms with E-state index in [0.717, 1.165) is 0 Å². The lowest BCUT2D eigenvalue weighted by Gasteiger charge is -2.10. The number of hydrogen-bond acceptors (Lipinski definition) is 5. The van der Waals surface area contributed by atoms with E-state index in [0.29, 0.717) is 13.0 Å². The molecule has 1 rings (SSSR count). The van der Waals surface area contributed by atoms with E-state index in [-0.39, 0.29) is 34.5 Å². The lowest BCUT2D eigenvalue weighted by atomic mass is 10.3. The Morgan fingerprint density at radius 2 is 2.15 bits per heavy atom. The van der Waals surface area contributed by atoms with Gasteiger partial charge in [0.25, 0.3) is 0 Å². The van der Waals surface area contributed by atoms with Gasteiger partial charge in [-0.25, -0.2) is 13.1 Å². The second-order valence-electron chi connectivity index (χ2n) is 3.96. The van der Waals surface area contributed by atoms with E-state index in [1.54, 1.807) is 13.0 Å². The van der Waals surface area contributed by atoms with Crippen molar-refractivity contribution in [1.82, 2.24) is 4.72 Å². The quantitative estimate of drug-likeness (QED) is 0.451. The third kappa shape index (κ3) is 4.66. The summed E-state index contributed by atoms with van der Waals surface area (Å²) < 4.78 is 31.2. The molecule has 0 aliphatic rings. The van der Waals surface area contributed by atoms with Crippen LogP contribution in [0, 0.1) is 0 Å². The Kier molecular flexibility index (Phi) is 6.25. The summed E-state index contributed by atoms with van der Waals surface area (Å²) in [4.78, 5) is 11.0. The maximum absolute atomic E-state index is 12.1. The summed E-state index contributed by atoms with van der Waals surface area (Å²) in [6, 6.07) is 4.47. The summed E-state index contributed by atoms with van der Waals surface area (Å²) in [6.45, 7) is 2.12. The average Bonchev–Trinajstić information content (AvgIpc) is 2.34. The van der Waals surface area contributed by atoms with Crippen molar-refractivity contribution in [3.8, 4) is 0 Å². The Labute approximate surface area is 123 Å². The van der Waals surface area contributed by atoms with Crippen molar-refractivity contribution >= 4 is 33.3 Å². The predicted octanol–water partition coefficient (Wildman–Crippen LogP) is 1.54. The highest BCUT2D eigenvalue weighted by molar-refractivity contribution is 7.89. The number of halogens is 1. The molecule has 0 unspecified atom stereocenters. The number of sulfonamides is 1. The van der Waals surface area contributed by atoms with Crippen LogP contribution in [0.15, 0.2) is 23.1 Å². The minimum Gasteiger partial charge on any atom is -0.466 e. The molecule has 0 saturated heterocycles. The molecule has 0 atom stereocenters. The number of hydrogen-bond donors (Lipinski definition) is 2. The average molecular weight is 321 g/mol. The largest absolute Gasteiger partial charge is 0.466 e. The summed E-state index contributed by atoms with van der Waals surface area (Å²) in [5, 5.41) is 0.0582. The van der Waals surface area contributed by atoms with Gasteiger partial charge in [0.15, 0.2) is 0 Å². The normalized spacial score (nSPS) is 11.3. The van der Waals surface area contributed by atoms with Gasteiger partial charge < -0.3 is 10.5 Å². The number of esters is 1. The summed E-state index contributed by atoms with van der Waals surface area (Å²) in [5.74, 6) is -0.357. The maximum Gasteiger partial charge on any atom is 0.305 e. The van der Waals surface area contributed by atoms with Crippen LogP contribution in [0.5, 0.6) is 0 Å². The number of rotatable bonds is 7. The standard InChI is InChI=1S/C12H17ClN2O4S/c1-2-19-11(16)7-4-8-15-20(17,18)12-9(13)5-3-6-10(12)14/h3,5-6,15H,2,4,7-8,14H2,1H3. The van der Waals surface area contributed by atoms with Crippen LogP contribution in [0.25, 0.3) is 0 Å². The number of anilines is 1. The van der Waals surface area contributed by atoms with Gasteiger partial charge in [-0.3, -0.25) is 4.79 Å². The van der Waals surface area contributed by atoms with Gasteiger partial charge in [0.05, 0.1) is 17.3 Å². The van der Waals surface area contributed by atoms with E-state index < -0.39 is 10.0 Å². The van der Waals surface area contributed by atoms with E-state index in [4.69, 9.17) is 22.1 Å². The molecule has 1 aromatic carbocycles. The van der Waals surface area contributed by atoms with Crippen molar-refractivity contribution < 1.29 is 17.9 Å². The number of ether oxygens (including phenoxy) is 1. The summed E-state index contributed by atoms with van der Waals surface area (Å²) in [7, 11) is -3.79. The molecule has 0 heterocycles. The molecule has 0 bridgehead atoms. The molecule has 112 valence electrons. The van der Waals surface area contributed by atoms with Crippen LogP contribution in [0.1, 0.15) is 19.8 Å². The van der Waals surface area contributed by atoms with E-state index in [9.17, 15) is 13.2 Å². The van der Waals surface area contributed by atoms with Gasteiger partial charge in [-0.2, -0.15) is 0 Å². The van der Waals surface area contributed by atoms with Crippen molar-refractivity contribution in [2.24, 2.45) is 0 Å². The van der Waals surface area contributed by atoms with Crippen molar-refractivity contribution in [3.63, 3.8) is 0 Å². The fourth-order valence-corrected chi connectivity index (χ4v) is 3.30. The summed E-state index contributed by atoms with van der Waals surface area (Å²) >= 11 is 5.85. The van der Waals surface area contributed by atoms with E-state index in [1.807, 2.05) is 0 Å². The van der Waals surface area contributed by atoms with Gasteiger partial charge in [-0.1, -0.05) is 17.7 Å². The second-order valence-corrected chi connectivity index (χ2v) is 6.08. The molecular formula is C12H17ClN2O4S. The zero-order chi connectivity index (χ0) is 15.2. The fourth-order valence-electron chi connectivity index (χ4n) is 1.55. The molecule has 0 aromatic heterocycles. The first kappa shape index (κ1) is 16.7. The first-order chi connectivity index (χ1) is 9.38. The molecule has 0 fully saturated rings. The predicted molar refractivity (Wildman–Crippen MR) is 76.9 cm³/mol. The highest BCUT2D eigenvalue weighted by Gasteiger charge is 2.20. The van der Waals surface area contributed by atoms with Gasteiger partial charge in [0.1, 0.15) is 4.90 Å². The number of nitrogens with two attached hydrogens (primary N) is 1. The van der Waals surface area contributed by atoms with Crippen LogP contribution in [-0.2, 0) is 19.6 Å². The minimum absolute atomic E-state index is 0.0582. The van der Waals surface area contributed by atoms with Gasteiger partial charge in [0, 0.05) is 13.0 Å². The Bertz CT molecular complexity index is 555. The van der Waals surface area contributed by atoms with Crippen molar-refractivity contribution in [2.45, 2.75) is 24.7 Å². The molecule has 0 saturated carbocycles. The van der Waals surface area contributed by atoms with E-state index in [2.05, 4.69) is 4.72 Å². The summed E-state index contributed by atoms with van der Waals surface area (Å²) in [6.07, 6.45) is 0.483. The van der Waals surface area contributed by atoms with Crippen LogP contribution in [0.4, 0.5) is 5.69 Å². The van der Waals surface area contributed by atoms with Crippen molar-refractivity contribution in [3.05, 3.63) is 23.2 Å². The highest BCUT2D eigenvalue weighted by atomic mass is 35.5. The molecule has 0 spiro atoms. The minimum atomic E-state index is -3.79. The molecule has 20 heavy (non-hydrogen) atoms. The van der Waals surface area contributed by atoms with Crippen molar-refractivity contribution in [1.29, 1.82) is 0 Å². The molecule has 0 aliphatic carbocycles. The van der Waals surface area contributed by atoms with E-state index in [1.165, 1.54) is 12.1 Å². The third-order valence-electron chi connectivity index (χ3n) is 2.42. The van der Waals surface area contributed by atoms with E-state index >= 15 is 0 Å².